The Labute approximate surface area is 248 Å². The van der Waals surface area contributed by atoms with Gasteiger partial charge < -0.3 is 9.84 Å². The van der Waals surface area contributed by atoms with Gasteiger partial charge in [-0.25, -0.2) is 0 Å². The summed E-state index contributed by atoms with van der Waals surface area (Å²) < 4.78 is 5.04. The minimum atomic E-state index is -0.945. The van der Waals surface area contributed by atoms with Gasteiger partial charge in [0, 0.05) is 0 Å². The van der Waals surface area contributed by atoms with E-state index in [0.29, 0.717) is 6.42 Å². The van der Waals surface area contributed by atoms with Crippen LogP contribution in [0.25, 0.3) is 0 Å². The minimum absolute atomic E-state index is 0.143. The maximum absolute atomic E-state index is 12.0. The summed E-state index contributed by atoms with van der Waals surface area (Å²) in [6, 6.07) is 0. The van der Waals surface area contributed by atoms with Crippen LogP contribution in [0.15, 0.2) is 24.8 Å². The van der Waals surface area contributed by atoms with Crippen LogP contribution in [-0.4, -0.2) is 23.7 Å². The zero-order valence-corrected chi connectivity index (χ0v) is 26.5. The van der Waals surface area contributed by atoms with Crippen molar-refractivity contribution in [3.8, 4) is 0 Å². The second kappa shape index (κ2) is 31.9. The molecule has 0 spiro atoms. The lowest BCUT2D eigenvalue weighted by atomic mass is 9.97. The van der Waals surface area contributed by atoms with Crippen molar-refractivity contribution in [2.45, 2.75) is 180 Å². The lowest BCUT2D eigenvalue weighted by molar-refractivity contribution is -0.152. The topological polar surface area (TPSA) is 63.6 Å². The molecule has 0 bridgehead atoms. The van der Waals surface area contributed by atoms with Crippen molar-refractivity contribution in [3.63, 3.8) is 0 Å². The molecule has 1 unspecified atom stereocenters. The number of rotatable bonds is 32. The molecule has 234 valence electrons. The van der Waals surface area contributed by atoms with E-state index in [4.69, 9.17) is 9.84 Å². The van der Waals surface area contributed by atoms with Crippen LogP contribution < -0.4 is 0 Å². The highest BCUT2D eigenvalue weighted by molar-refractivity contribution is 5.79. The number of carboxylic acid groups (broad SMARTS) is 1. The van der Waals surface area contributed by atoms with Crippen molar-refractivity contribution in [2.75, 3.05) is 6.61 Å². The largest absolute Gasteiger partial charge is 0.481 e. The SMILES string of the molecule is C=CCOC(=O)C(CCCCCCCCC/C=C/CCCCCCCCCCCCCCCCCC)CC(=O)O. The van der Waals surface area contributed by atoms with Crippen LogP contribution in [0.4, 0.5) is 0 Å². The van der Waals surface area contributed by atoms with E-state index >= 15 is 0 Å². The first-order chi connectivity index (χ1) is 19.6. The molecule has 0 heterocycles. The highest BCUT2D eigenvalue weighted by Gasteiger charge is 2.22. The zero-order chi connectivity index (χ0) is 29.4. The van der Waals surface area contributed by atoms with Gasteiger partial charge in [-0.1, -0.05) is 167 Å². The Hall–Kier alpha value is -1.58. The quantitative estimate of drug-likeness (QED) is 0.0503. The molecule has 1 N–H and O–H groups in total. The molecule has 0 aromatic rings. The first-order valence-electron chi connectivity index (χ1n) is 17.3. The number of ether oxygens (including phenoxy) is 1. The Balaban J connectivity index is 3.36. The summed E-state index contributed by atoms with van der Waals surface area (Å²) in [5, 5.41) is 9.03. The second-order valence-corrected chi connectivity index (χ2v) is 11.8. The molecular weight excluding hydrogens is 496 g/mol. The third-order valence-corrected chi connectivity index (χ3v) is 7.91. The van der Waals surface area contributed by atoms with Gasteiger partial charge in [-0.15, -0.1) is 0 Å². The minimum Gasteiger partial charge on any atom is -0.481 e. The van der Waals surface area contributed by atoms with Gasteiger partial charge in [0.15, 0.2) is 0 Å². The summed E-state index contributed by atoms with van der Waals surface area (Å²) in [6.07, 6.45) is 40.1. The highest BCUT2D eigenvalue weighted by atomic mass is 16.5. The molecule has 0 rings (SSSR count). The maximum Gasteiger partial charge on any atom is 0.309 e. The summed E-state index contributed by atoms with van der Waals surface area (Å²) in [5.74, 6) is -1.90. The molecule has 4 heteroatoms. The van der Waals surface area contributed by atoms with E-state index in [1.807, 2.05) is 0 Å². The van der Waals surface area contributed by atoms with Crippen LogP contribution in [-0.2, 0) is 14.3 Å². The van der Waals surface area contributed by atoms with Gasteiger partial charge in [0.2, 0.25) is 0 Å². The molecule has 0 aliphatic heterocycles. The third kappa shape index (κ3) is 29.4. The van der Waals surface area contributed by atoms with Crippen molar-refractivity contribution in [1.82, 2.24) is 0 Å². The number of allylic oxidation sites excluding steroid dienone is 2. The molecule has 0 saturated carbocycles. The molecule has 0 aliphatic carbocycles. The van der Waals surface area contributed by atoms with Crippen molar-refractivity contribution in [1.29, 1.82) is 0 Å². The number of unbranched alkanes of at least 4 members (excludes halogenated alkanes) is 23. The van der Waals surface area contributed by atoms with E-state index in [9.17, 15) is 9.59 Å². The summed E-state index contributed by atoms with van der Waals surface area (Å²) in [7, 11) is 0. The Bertz CT molecular complexity index is 598. The zero-order valence-electron chi connectivity index (χ0n) is 26.5. The lowest BCUT2D eigenvalue weighted by Gasteiger charge is -2.13. The fraction of sp³-hybridized carbons (Fsp3) is 0.833. The van der Waals surface area contributed by atoms with E-state index < -0.39 is 17.9 Å². The normalized spacial score (nSPS) is 12.1. The molecule has 0 aliphatic rings. The molecule has 0 amide bonds. The van der Waals surface area contributed by atoms with Crippen molar-refractivity contribution >= 4 is 11.9 Å². The average molecular weight is 563 g/mol. The predicted molar refractivity (Wildman–Crippen MR) is 172 cm³/mol. The van der Waals surface area contributed by atoms with Gasteiger partial charge in [-0.05, 0) is 32.1 Å². The Morgan fingerprint density at radius 2 is 1.00 bits per heavy atom. The Morgan fingerprint density at radius 3 is 1.38 bits per heavy atom. The summed E-state index contributed by atoms with van der Waals surface area (Å²) in [6.45, 7) is 5.96. The van der Waals surface area contributed by atoms with E-state index in [-0.39, 0.29) is 13.0 Å². The number of esters is 1. The van der Waals surface area contributed by atoms with Crippen molar-refractivity contribution in [2.24, 2.45) is 5.92 Å². The third-order valence-electron chi connectivity index (χ3n) is 7.91. The van der Waals surface area contributed by atoms with E-state index in [0.717, 1.165) is 19.3 Å². The molecular formula is C36H66O4. The molecule has 0 aromatic heterocycles. The number of hydrogen-bond donors (Lipinski definition) is 1. The molecule has 0 fully saturated rings. The average Bonchev–Trinajstić information content (AvgIpc) is 2.94. The predicted octanol–water partition coefficient (Wildman–Crippen LogP) is 11.5. The molecule has 1 atom stereocenters. The van der Waals surface area contributed by atoms with Crippen molar-refractivity contribution < 1.29 is 19.4 Å². The molecule has 0 radical (unpaired) electrons. The molecule has 4 nitrogen and oxygen atoms in total. The first-order valence-corrected chi connectivity index (χ1v) is 17.3. The van der Waals surface area contributed by atoms with E-state index in [2.05, 4.69) is 25.7 Å². The van der Waals surface area contributed by atoms with Gasteiger partial charge in [0.1, 0.15) is 6.61 Å². The van der Waals surface area contributed by atoms with Gasteiger partial charge in [0.05, 0.1) is 12.3 Å². The van der Waals surface area contributed by atoms with Gasteiger partial charge in [0.25, 0.3) is 0 Å². The van der Waals surface area contributed by atoms with Gasteiger partial charge in [-0.3, -0.25) is 9.59 Å². The molecule has 0 saturated heterocycles. The van der Waals surface area contributed by atoms with Crippen LogP contribution in [0.2, 0.25) is 0 Å². The number of carboxylic acids is 1. The Kier molecular flexibility index (Phi) is 30.7. The van der Waals surface area contributed by atoms with Gasteiger partial charge in [-0.2, -0.15) is 0 Å². The number of hydrogen-bond acceptors (Lipinski definition) is 3. The fourth-order valence-electron chi connectivity index (χ4n) is 5.36. The van der Waals surface area contributed by atoms with E-state index in [1.54, 1.807) is 0 Å². The van der Waals surface area contributed by atoms with Gasteiger partial charge >= 0.3 is 11.9 Å². The molecule has 40 heavy (non-hydrogen) atoms. The van der Waals surface area contributed by atoms with Crippen molar-refractivity contribution in [3.05, 3.63) is 24.8 Å². The van der Waals surface area contributed by atoms with Crippen LogP contribution >= 0.6 is 0 Å². The summed E-state index contributed by atoms with van der Waals surface area (Å²) in [4.78, 5) is 23.0. The fourth-order valence-corrected chi connectivity index (χ4v) is 5.36. The summed E-state index contributed by atoms with van der Waals surface area (Å²) in [5.41, 5.74) is 0. The van der Waals surface area contributed by atoms with E-state index in [1.165, 1.54) is 147 Å². The highest BCUT2D eigenvalue weighted by Crippen LogP contribution is 2.18. The van der Waals surface area contributed by atoms with Crippen LogP contribution in [0.5, 0.6) is 0 Å². The number of aliphatic carboxylic acids is 1. The maximum atomic E-state index is 12.0. The number of carbonyl (C=O) groups is 2. The second-order valence-electron chi connectivity index (χ2n) is 11.8. The standard InChI is InChI=1S/C36H66O4/c1-3-5-6-7-8-9-10-11-12-13-14-15-16-17-18-19-20-21-22-23-24-25-26-27-28-29-30-31-34(33-35(37)38)36(39)40-32-4-2/h4,21-22,34H,2-3,5-20,23-33H2,1H3,(H,37,38)/b22-21+. The van der Waals surface area contributed by atoms with Crippen LogP contribution in [0.3, 0.4) is 0 Å². The molecule has 0 aromatic carbocycles. The van der Waals surface area contributed by atoms with Crippen LogP contribution in [0, 0.1) is 5.92 Å². The Morgan fingerprint density at radius 1 is 0.625 bits per heavy atom. The lowest BCUT2D eigenvalue weighted by Crippen LogP contribution is -2.21. The summed E-state index contributed by atoms with van der Waals surface area (Å²) >= 11 is 0. The van der Waals surface area contributed by atoms with Crippen LogP contribution in [0.1, 0.15) is 180 Å². The smallest absolute Gasteiger partial charge is 0.309 e. The monoisotopic (exact) mass is 562 g/mol. The number of carbonyl (C=O) groups excluding carboxylic acids is 1. The first kappa shape index (κ1) is 38.4.